The number of thioether (sulfide) groups is 1. The first kappa shape index (κ1) is 23.0. The van der Waals surface area contributed by atoms with Crippen LogP contribution in [0.1, 0.15) is 23.7 Å². The first-order valence-corrected chi connectivity index (χ1v) is 12.3. The lowest BCUT2D eigenvalue weighted by Crippen LogP contribution is -2.29. The fourth-order valence-corrected chi connectivity index (χ4v) is 4.89. The Labute approximate surface area is 208 Å². The van der Waals surface area contributed by atoms with Gasteiger partial charge in [0.2, 0.25) is 5.91 Å². The summed E-state index contributed by atoms with van der Waals surface area (Å²) in [6.07, 6.45) is 2.05. The molecule has 0 saturated heterocycles. The van der Waals surface area contributed by atoms with Crippen LogP contribution in [0.15, 0.2) is 84.0 Å². The fraction of sp³-hybridized carbons (Fsp3) is 0.222. The van der Waals surface area contributed by atoms with E-state index in [0.717, 1.165) is 29.7 Å². The number of carbonyl (C=O) groups is 1. The van der Waals surface area contributed by atoms with Crippen LogP contribution in [0.2, 0.25) is 0 Å². The molecular formula is C27H26N4O3S. The van der Waals surface area contributed by atoms with Gasteiger partial charge in [-0.15, -0.1) is 10.2 Å². The Morgan fingerprint density at radius 2 is 1.63 bits per heavy atom. The maximum Gasteiger partial charge on any atom is 0.238 e. The molecule has 1 N–H and O–H groups in total. The van der Waals surface area contributed by atoms with Crippen LogP contribution in [0.5, 0.6) is 11.5 Å². The molecule has 0 aliphatic heterocycles. The molecule has 0 unspecified atom stereocenters. The van der Waals surface area contributed by atoms with Crippen molar-refractivity contribution in [1.82, 2.24) is 20.1 Å². The number of ether oxygens (including phenoxy) is 2. The molecule has 0 bridgehead atoms. The average Bonchev–Trinajstić information content (AvgIpc) is 3.63. The molecule has 1 atom stereocenters. The number of amides is 1. The van der Waals surface area contributed by atoms with Gasteiger partial charge in [-0.3, -0.25) is 9.36 Å². The van der Waals surface area contributed by atoms with Gasteiger partial charge in [0.1, 0.15) is 5.25 Å². The maximum absolute atomic E-state index is 13.3. The van der Waals surface area contributed by atoms with Gasteiger partial charge in [0, 0.05) is 17.7 Å². The molecule has 0 spiro atoms. The van der Waals surface area contributed by atoms with Crippen LogP contribution < -0.4 is 14.8 Å². The molecule has 1 aliphatic rings. The molecule has 1 aromatic heterocycles. The Morgan fingerprint density at radius 1 is 0.943 bits per heavy atom. The minimum Gasteiger partial charge on any atom is -0.493 e. The highest BCUT2D eigenvalue weighted by atomic mass is 32.2. The van der Waals surface area contributed by atoms with Crippen LogP contribution in [0.3, 0.4) is 0 Å². The second-order valence-electron chi connectivity index (χ2n) is 8.24. The quantitative estimate of drug-likeness (QED) is 0.333. The van der Waals surface area contributed by atoms with Crippen LogP contribution in [-0.2, 0) is 4.79 Å². The third-order valence-corrected chi connectivity index (χ3v) is 6.98. The van der Waals surface area contributed by atoms with Crippen LogP contribution in [0.4, 0.5) is 0 Å². The largest absolute Gasteiger partial charge is 0.493 e. The predicted molar refractivity (Wildman–Crippen MR) is 136 cm³/mol. The van der Waals surface area contributed by atoms with E-state index in [4.69, 9.17) is 9.47 Å². The average molecular weight is 487 g/mol. The molecule has 35 heavy (non-hydrogen) atoms. The molecule has 5 rings (SSSR count). The number of hydrogen-bond donors (Lipinski definition) is 1. The summed E-state index contributed by atoms with van der Waals surface area (Å²) >= 11 is 1.39. The zero-order valence-corrected chi connectivity index (χ0v) is 20.4. The van der Waals surface area contributed by atoms with Crippen molar-refractivity contribution >= 4 is 17.7 Å². The van der Waals surface area contributed by atoms with Crippen LogP contribution in [-0.4, -0.2) is 40.9 Å². The van der Waals surface area contributed by atoms with Crippen LogP contribution in [0, 0.1) is 0 Å². The van der Waals surface area contributed by atoms with E-state index in [0.29, 0.717) is 22.5 Å². The molecule has 1 saturated carbocycles. The van der Waals surface area contributed by atoms with Crippen molar-refractivity contribution in [1.29, 1.82) is 0 Å². The molecule has 1 heterocycles. The van der Waals surface area contributed by atoms with E-state index in [1.165, 1.54) is 11.8 Å². The molecule has 7 nitrogen and oxygen atoms in total. The van der Waals surface area contributed by atoms with Crippen molar-refractivity contribution in [2.75, 3.05) is 14.2 Å². The molecule has 1 amide bonds. The van der Waals surface area contributed by atoms with E-state index in [9.17, 15) is 4.79 Å². The van der Waals surface area contributed by atoms with E-state index in [1.54, 1.807) is 14.2 Å². The number of rotatable bonds is 9. The Hall–Kier alpha value is -3.78. The summed E-state index contributed by atoms with van der Waals surface area (Å²) in [5.74, 6) is 1.88. The SMILES string of the molecule is COc1ccc(-n2c(S[C@@H](C(=O)NC3CC3)c3ccccc3)nnc2-c2ccccc2)cc1OC. The zero-order chi connectivity index (χ0) is 24.2. The summed E-state index contributed by atoms with van der Waals surface area (Å²) in [5, 5.41) is 12.4. The van der Waals surface area contributed by atoms with Gasteiger partial charge >= 0.3 is 0 Å². The van der Waals surface area contributed by atoms with Crippen LogP contribution in [0.25, 0.3) is 17.1 Å². The maximum atomic E-state index is 13.3. The highest BCUT2D eigenvalue weighted by molar-refractivity contribution is 8.00. The Balaban J connectivity index is 1.60. The van der Waals surface area contributed by atoms with Gasteiger partial charge in [0.25, 0.3) is 0 Å². The lowest BCUT2D eigenvalue weighted by Gasteiger charge is -2.18. The smallest absolute Gasteiger partial charge is 0.238 e. The summed E-state index contributed by atoms with van der Waals surface area (Å²) < 4.78 is 12.9. The summed E-state index contributed by atoms with van der Waals surface area (Å²) in [5.41, 5.74) is 2.64. The third kappa shape index (κ3) is 5.02. The lowest BCUT2D eigenvalue weighted by atomic mass is 10.1. The van der Waals surface area contributed by atoms with Gasteiger partial charge in [-0.2, -0.15) is 0 Å². The standard InChI is InChI=1S/C27H26N4O3S/c1-33-22-16-15-21(17-23(22)34-2)31-25(19-11-7-4-8-12-19)29-30-27(31)35-24(18-9-5-3-6-10-18)26(32)28-20-13-14-20/h3-12,15-17,20,24H,13-14H2,1-2H3,(H,28,32)/t24-/m1/s1. The molecule has 8 heteroatoms. The first-order chi connectivity index (χ1) is 17.2. The number of aromatic nitrogens is 3. The lowest BCUT2D eigenvalue weighted by molar-refractivity contribution is -0.120. The number of nitrogens with zero attached hydrogens (tertiary/aromatic N) is 3. The van der Waals surface area contributed by atoms with Gasteiger partial charge in [0.05, 0.1) is 19.9 Å². The number of nitrogens with one attached hydrogen (secondary N) is 1. The highest BCUT2D eigenvalue weighted by Crippen LogP contribution is 2.39. The topological polar surface area (TPSA) is 78.3 Å². The highest BCUT2D eigenvalue weighted by Gasteiger charge is 2.31. The van der Waals surface area contributed by atoms with Crippen molar-refractivity contribution in [3.05, 3.63) is 84.4 Å². The first-order valence-electron chi connectivity index (χ1n) is 11.4. The second kappa shape index (κ2) is 10.2. The molecule has 0 radical (unpaired) electrons. The Morgan fingerprint density at radius 3 is 2.29 bits per heavy atom. The number of methoxy groups -OCH3 is 2. The Kier molecular flexibility index (Phi) is 6.72. The molecule has 3 aromatic carbocycles. The van der Waals surface area contributed by atoms with Crippen molar-refractivity contribution in [2.24, 2.45) is 0 Å². The number of carbonyl (C=O) groups excluding carboxylic acids is 1. The van der Waals surface area contributed by atoms with Gasteiger partial charge in [-0.25, -0.2) is 0 Å². The van der Waals surface area contributed by atoms with Gasteiger partial charge in [-0.05, 0) is 30.5 Å². The number of hydrogen-bond acceptors (Lipinski definition) is 6. The van der Waals surface area contributed by atoms with E-state index in [-0.39, 0.29) is 11.9 Å². The predicted octanol–water partition coefficient (Wildman–Crippen LogP) is 5.06. The van der Waals surface area contributed by atoms with Crippen LogP contribution >= 0.6 is 11.8 Å². The Bertz CT molecular complexity index is 1310. The van der Waals surface area contributed by atoms with Gasteiger partial charge in [0.15, 0.2) is 22.5 Å². The van der Waals surface area contributed by atoms with E-state index in [2.05, 4.69) is 15.5 Å². The van der Waals surface area contributed by atoms with Crippen molar-refractivity contribution < 1.29 is 14.3 Å². The molecular weight excluding hydrogens is 460 g/mol. The number of benzene rings is 3. The molecule has 1 aliphatic carbocycles. The van der Waals surface area contributed by atoms with Crippen molar-refractivity contribution in [2.45, 2.75) is 29.3 Å². The zero-order valence-electron chi connectivity index (χ0n) is 19.5. The van der Waals surface area contributed by atoms with E-state index in [1.807, 2.05) is 83.4 Å². The fourth-order valence-electron chi connectivity index (χ4n) is 3.83. The van der Waals surface area contributed by atoms with Gasteiger partial charge in [-0.1, -0.05) is 72.4 Å². The molecule has 4 aromatic rings. The summed E-state index contributed by atoms with van der Waals surface area (Å²) in [6, 6.07) is 25.6. The molecule has 178 valence electrons. The van der Waals surface area contributed by atoms with Crippen molar-refractivity contribution in [3.8, 4) is 28.6 Å². The molecule has 1 fully saturated rings. The summed E-state index contributed by atoms with van der Waals surface area (Å²) in [6.45, 7) is 0. The minimum absolute atomic E-state index is 0.0215. The third-order valence-electron chi connectivity index (χ3n) is 5.78. The van der Waals surface area contributed by atoms with Gasteiger partial charge < -0.3 is 14.8 Å². The summed E-state index contributed by atoms with van der Waals surface area (Å²) in [7, 11) is 3.21. The van der Waals surface area contributed by atoms with E-state index < -0.39 is 5.25 Å². The normalized spacial score (nSPS) is 13.8. The van der Waals surface area contributed by atoms with Crippen molar-refractivity contribution in [3.63, 3.8) is 0 Å². The second-order valence-corrected chi connectivity index (χ2v) is 9.31. The minimum atomic E-state index is -0.469. The van der Waals surface area contributed by atoms with E-state index >= 15 is 0 Å². The summed E-state index contributed by atoms with van der Waals surface area (Å²) in [4.78, 5) is 13.3. The monoisotopic (exact) mass is 486 g/mol.